The second-order valence-corrected chi connectivity index (χ2v) is 9.58. The van der Waals surface area contributed by atoms with E-state index in [-0.39, 0.29) is 5.56 Å². The van der Waals surface area contributed by atoms with Gasteiger partial charge in [-0.25, -0.2) is 9.38 Å². The van der Waals surface area contributed by atoms with Gasteiger partial charge in [-0.3, -0.25) is 4.79 Å². The molecule has 1 aromatic carbocycles. The third-order valence-electron chi connectivity index (χ3n) is 5.58. The van der Waals surface area contributed by atoms with Crippen molar-refractivity contribution in [1.82, 2.24) is 14.0 Å². The molecule has 5 nitrogen and oxygen atoms in total. The number of fused-ring (bicyclic) bond motifs is 3. The summed E-state index contributed by atoms with van der Waals surface area (Å²) in [5.74, 6) is 0. The molecule has 0 unspecified atom stereocenters. The predicted octanol–water partition coefficient (Wildman–Crippen LogP) is 4.41. The van der Waals surface area contributed by atoms with Crippen LogP contribution in [0.25, 0.3) is 27.1 Å². The largest absolute Gasteiger partial charge is 0.308 e. The minimum absolute atomic E-state index is 0.0472. The molecule has 0 atom stereocenters. The average molecular weight is 431 g/mol. The van der Waals surface area contributed by atoms with E-state index in [4.69, 9.17) is 0 Å². The lowest BCUT2D eigenvalue weighted by Crippen LogP contribution is -2.22. The zero-order valence-corrected chi connectivity index (χ0v) is 18.6. The van der Waals surface area contributed by atoms with Crippen molar-refractivity contribution >= 4 is 44.7 Å². The summed E-state index contributed by atoms with van der Waals surface area (Å²) in [7, 11) is 0. The molecule has 5 aromatic rings. The Morgan fingerprint density at radius 3 is 2.67 bits per heavy atom. The first kappa shape index (κ1) is 18.8. The lowest BCUT2D eigenvalue weighted by Gasteiger charge is -2.07. The maximum absolute atomic E-state index is 13.1. The van der Waals surface area contributed by atoms with Gasteiger partial charge in [-0.15, -0.1) is 11.3 Å². The number of hydrogen-bond donors (Lipinski definition) is 0. The molecule has 0 aliphatic heterocycles. The fourth-order valence-corrected chi connectivity index (χ4v) is 6.09. The van der Waals surface area contributed by atoms with Crippen LogP contribution < -0.4 is 10.1 Å². The first-order valence-corrected chi connectivity index (χ1v) is 11.1. The van der Waals surface area contributed by atoms with Gasteiger partial charge >= 0.3 is 0 Å². The molecule has 0 spiro atoms. The van der Waals surface area contributed by atoms with E-state index in [1.807, 2.05) is 58.0 Å². The fourth-order valence-electron chi connectivity index (χ4n) is 3.90. The van der Waals surface area contributed by atoms with Crippen LogP contribution in [0.1, 0.15) is 33.0 Å². The number of rotatable bonds is 2. The molecule has 7 heteroatoms. The monoisotopic (exact) mass is 430 g/mol. The van der Waals surface area contributed by atoms with Crippen molar-refractivity contribution in [2.75, 3.05) is 0 Å². The molecule has 5 rings (SSSR count). The number of nitrogens with zero attached hydrogens (tertiary/aromatic N) is 4. The standard InChI is InChI=1S/C23H18N4OS2/c1-12-9-16(14(3)26(12)22-17(11-24)13(2)15(4)29-22)10-20-21(28)27-19-8-6-5-7-18(19)25-23(27)30-20/h5-10H,1-4H3. The summed E-state index contributed by atoms with van der Waals surface area (Å²) < 4.78 is 4.46. The summed E-state index contributed by atoms with van der Waals surface area (Å²) in [6.07, 6.45) is 1.94. The molecule has 4 aromatic heterocycles. The average Bonchev–Trinajstić information content (AvgIpc) is 3.39. The fraction of sp³-hybridized carbons (Fsp3) is 0.174. The maximum atomic E-state index is 13.1. The third kappa shape index (κ3) is 2.58. The number of thiophene rings is 1. The van der Waals surface area contributed by atoms with E-state index in [2.05, 4.69) is 21.7 Å². The molecule has 0 saturated carbocycles. The van der Waals surface area contributed by atoms with E-state index in [1.165, 1.54) is 11.3 Å². The molecule has 30 heavy (non-hydrogen) atoms. The van der Waals surface area contributed by atoms with Crippen molar-refractivity contribution in [2.24, 2.45) is 0 Å². The Morgan fingerprint density at radius 2 is 1.90 bits per heavy atom. The molecule has 0 aliphatic rings. The Morgan fingerprint density at radius 1 is 1.13 bits per heavy atom. The number of hydrogen-bond acceptors (Lipinski definition) is 5. The highest BCUT2D eigenvalue weighted by molar-refractivity contribution is 7.15. The number of para-hydroxylation sites is 2. The van der Waals surface area contributed by atoms with Crippen LogP contribution in [-0.4, -0.2) is 14.0 Å². The van der Waals surface area contributed by atoms with Crippen LogP contribution in [0.2, 0.25) is 0 Å². The van der Waals surface area contributed by atoms with Crippen molar-refractivity contribution in [1.29, 1.82) is 5.26 Å². The van der Waals surface area contributed by atoms with E-state index in [1.54, 1.807) is 15.7 Å². The van der Waals surface area contributed by atoms with Gasteiger partial charge in [-0.1, -0.05) is 23.5 Å². The van der Waals surface area contributed by atoms with Crippen LogP contribution in [0.15, 0.2) is 35.1 Å². The van der Waals surface area contributed by atoms with Crippen molar-refractivity contribution in [2.45, 2.75) is 27.7 Å². The number of aryl methyl sites for hydroxylation is 2. The Labute approximate surface area is 180 Å². The van der Waals surface area contributed by atoms with Crippen LogP contribution >= 0.6 is 22.7 Å². The Hall–Kier alpha value is -3.21. The molecule has 0 amide bonds. The zero-order valence-electron chi connectivity index (χ0n) is 17.0. The van der Waals surface area contributed by atoms with E-state index >= 15 is 0 Å². The van der Waals surface area contributed by atoms with E-state index in [0.717, 1.165) is 49.0 Å². The SMILES string of the molecule is Cc1sc(-n2c(C)cc(C=c3sc4nc5ccccc5n4c3=O)c2C)c(C#N)c1C. The van der Waals surface area contributed by atoms with Crippen LogP contribution in [0.4, 0.5) is 0 Å². The van der Waals surface area contributed by atoms with Crippen LogP contribution in [-0.2, 0) is 0 Å². The van der Waals surface area contributed by atoms with Gasteiger partial charge in [0.05, 0.1) is 21.1 Å². The molecule has 4 heterocycles. The lowest BCUT2D eigenvalue weighted by atomic mass is 10.2. The highest BCUT2D eigenvalue weighted by Gasteiger charge is 2.19. The number of nitriles is 1. The number of aromatic nitrogens is 3. The summed E-state index contributed by atoms with van der Waals surface area (Å²) in [6.45, 7) is 8.09. The number of thiazole rings is 1. The molecule has 0 bridgehead atoms. The lowest BCUT2D eigenvalue weighted by molar-refractivity contribution is 0.980. The Balaban J connectivity index is 1.72. The number of benzene rings is 1. The molecule has 0 N–H and O–H groups in total. The van der Waals surface area contributed by atoms with Crippen LogP contribution in [0, 0.1) is 39.0 Å². The second kappa shape index (κ2) is 6.66. The van der Waals surface area contributed by atoms with Gasteiger partial charge in [0.25, 0.3) is 5.56 Å². The first-order valence-electron chi connectivity index (χ1n) is 9.52. The molecule has 0 saturated heterocycles. The van der Waals surface area contributed by atoms with Crippen molar-refractivity contribution in [3.8, 4) is 11.1 Å². The quantitative estimate of drug-likeness (QED) is 0.417. The van der Waals surface area contributed by atoms with Gasteiger partial charge in [0.2, 0.25) is 0 Å². The topological polar surface area (TPSA) is 63.1 Å². The molecular weight excluding hydrogens is 412 g/mol. The summed E-state index contributed by atoms with van der Waals surface area (Å²) >= 11 is 3.03. The summed E-state index contributed by atoms with van der Waals surface area (Å²) in [5.41, 5.74) is 6.40. The third-order valence-corrected chi connectivity index (χ3v) is 7.74. The van der Waals surface area contributed by atoms with Gasteiger partial charge in [0, 0.05) is 16.3 Å². The second-order valence-electron chi connectivity index (χ2n) is 7.37. The van der Waals surface area contributed by atoms with Gasteiger partial charge in [-0.05, 0) is 63.1 Å². The van der Waals surface area contributed by atoms with E-state index in [9.17, 15) is 10.1 Å². The van der Waals surface area contributed by atoms with Gasteiger partial charge in [0.1, 0.15) is 11.1 Å². The zero-order chi connectivity index (χ0) is 21.2. The van der Waals surface area contributed by atoms with E-state index < -0.39 is 0 Å². The smallest absolute Gasteiger partial charge is 0.274 e. The van der Waals surface area contributed by atoms with Gasteiger partial charge in [0.15, 0.2) is 4.96 Å². The summed E-state index contributed by atoms with van der Waals surface area (Å²) in [4.78, 5) is 19.5. The summed E-state index contributed by atoms with van der Waals surface area (Å²) in [5, 5.41) is 10.6. The van der Waals surface area contributed by atoms with Crippen molar-refractivity contribution in [3.05, 3.63) is 78.2 Å². The normalized spacial score (nSPS) is 12.3. The number of imidazole rings is 1. The molecule has 0 fully saturated rings. The molecular formula is C23H18N4OS2. The van der Waals surface area contributed by atoms with Gasteiger partial charge < -0.3 is 4.57 Å². The van der Waals surface area contributed by atoms with Gasteiger partial charge in [-0.2, -0.15) is 5.26 Å². The molecule has 0 aliphatic carbocycles. The Bertz CT molecular complexity index is 1620. The highest BCUT2D eigenvalue weighted by atomic mass is 32.1. The Kier molecular flexibility index (Phi) is 4.17. The summed E-state index contributed by atoms with van der Waals surface area (Å²) in [6, 6.07) is 12.1. The van der Waals surface area contributed by atoms with E-state index in [0.29, 0.717) is 9.49 Å². The van der Waals surface area contributed by atoms with Crippen LogP contribution in [0.5, 0.6) is 0 Å². The first-order chi connectivity index (χ1) is 14.4. The minimum atomic E-state index is -0.0472. The van der Waals surface area contributed by atoms with Crippen molar-refractivity contribution in [3.63, 3.8) is 0 Å². The maximum Gasteiger partial charge on any atom is 0.274 e. The minimum Gasteiger partial charge on any atom is -0.308 e. The molecule has 148 valence electrons. The molecule has 0 radical (unpaired) electrons. The van der Waals surface area contributed by atoms with Crippen molar-refractivity contribution < 1.29 is 0 Å². The predicted molar refractivity (Wildman–Crippen MR) is 123 cm³/mol. The highest BCUT2D eigenvalue weighted by Crippen LogP contribution is 2.33. The van der Waals surface area contributed by atoms with Crippen LogP contribution in [0.3, 0.4) is 0 Å².